The van der Waals surface area contributed by atoms with Gasteiger partial charge in [0, 0.05) is 12.2 Å². The number of aryl methyl sites for hydroxylation is 2. The van der Waals surface area contributed by atoms with Gasteiger partial charge in [0.15, 0.2) is 0 Å². The van der Waals surface area contributed by atoms with E-state index in [0.29, 0.717) is 22.7 Å². The summed E-state index contributed by atoms with van der Waals surface area (Å²) in [6, 6.07) is 0.259. The molecule has 0 unspecified atom stereocenters. The molecule has 0 aromatic carbocycles. The van der Waals surface area contributed by atoms with Crippen LogP contribution in [0.4, 0.5) is 5.69 Å². The molecule has 1 N–H and O–H groups in total. The van der Waals surface area contributed by atoms with Crippen molar-refractivity contribution in [3.8, 4) is 0 Å². The van der Waals surface area contributed by atoms with Gasteiger partial charge in [0.1, 0.15) is 11.3 Å². The fraction of sp³-hybridized carbons (Fsp3) is 0.417. The molecule has 2 aromatic rings. The molecule has 18 heavy (non-hydrogen) atoms. The summed E-state index contributed by atoms with van der Waals surface area (Å²) in [5.41, 5.74) is 1.72. The van der Waals surface area contributed by atoms with Gasteiger partial charge < -0.3 is 9.84 Å². The third kappa shape index (κ3) is 2.27. The number of anilines is 1. The zero-order valence-electron chi connectivity index (χ0n) is 10.9. The molecule has 6 nitrogen and oxygen atoms in total. The normalized spacial score (nSPS) is 10.9. The van der Waals surface area contributed by atoms with E-state index < -0.39 is 0 Å². The summed E-state index contributed by atoms with van der Waals surface area (Å²) in [7, 11) is 0. The van der Waals surface area contributed by atoms with Gasteiger partial charge in [0.25, 0.3) is 5.91 Å². The highest BCUT2D eigenvalue weighted by Gasteiger charge is 2.18. The number of amides is 1. The third-order valence-corrected chi connectivity index (χ3v) is 2.65. The highest BCUT2D eigenvalue weighted by molar-refractivity contribution is 6.05. The molecule has 0 radical (unpaired) electrons. The minimum Gasteiger partial charge on any atom is -0.361 e. The van der Waals surface area contributed by atoms with Crippen LogP contribution in [0.25, 0.3) is 0 Å². The first kappa shape index (κ1) is 12.3. The van der Waals surface area contributed by atoms with E-state index in [-0.39, 0.29) is 11.9 Å². The summed E-state index contributed by atoms with van der Waals surface area (Å²) in [5.74, 6) is 0.288. The monoisotopic (exact) mass is 248 g/mol. The Hall–Kier alpha value is -2.11. The van der Waals surface area contributed by atoms with Crippen LogP contribution < -0.4 is 5.32 Å². The number of rotatable bonds is 3. The quantitative estimate of drug-likeness (QED) is 0.904. The molecule has 0 aliphatic carbocycles. The summed E-state index contributed by atoms with van der Waals surface area (Å²) in [6.45, 7) is 7.50. The molecule has 0 aliphatic rings. The van der Waals surface area contributed by atoms with Crippen LogP contribution in [0.3, 0.4) is 0 Å². The Balaban J connectivity index is 2.16. The highest BCUT2D eigenvalue weighted by Crippen LogP contribution is 2.16. The maximum atomic E-state index is 12.0. The van der Waals surface area contributed by atoms with Crippen LogP contribution >= 0.6 is 0 Å². The molecular weight excluding hydrogens is 232 g/mol. The van der Waals surface area contributed by atoms with E-state index in [1.807, 2.05) is 13.8 Å². The molecule has 0 bridgehead atoms. The summed E-state index contributed by atoms with van der Waals surface area (Å²) >= 11 is 0. The van der Waals surface area contributed by atoms with Gasteiger partial charge in [0.05, 0.1) is 17.6 Å². The molecular formula is C12H16N4O2. The number of aromatic nitrogens is 3. The van der Waals surface area contributed by atoms with Crippen molar-refractivity contribution in [2.75, 3.05) is 5.32 Å². The van der Waals surface area contributed by atoms with Gasteiger partial charge in [-0.15, -0.1) is 0 Å². The topological polar surface area (TPSA) is 73.0 Å². The molecule has 2 rings (SSSR count). The van der Waals surface area contributed by atoms with Crippen molar-refractivity contribution in [3.63, 3.8) is 0 Å². The summed E-state index contributed by atoms with van der Waals surface area (Å²) < 4.78 is 6.75. The smallest absolute Gasteiger partial charge is 0.261 e. The van der Waals surface area contributed by atoms with Crippen molar-refractivity contribution in [3.05, 3.63) is 29.4 Å². The first-order valence-electron chi connectivity index (χ1n) is 5.77. The predicted octanol–water partition coefficient (Wildman–Crippen LogP) is 2.32. The first-order chi connectivity index (χ1) is 8.49. The van der Waals surface area contributed by atoms with Crippen LogP contribution in [-0.4, -0.2) is 20.8 Å². The van der Waals surface area contributed by atoms with Crippen molar-refractivity contribution in [1.82, 2.24) is 14.9 Å². The first-order valence-corrected chi connectivity index (χ1v) is 5.77. The largest absolute Gasteiger partial charge is 0.361 e. The molecule has 1 amide bonds. The highest BCUT2D eigenvalue weighted by atomic mass is 16.5. The zero-order valence-corrected chi connectivity index (χ0v) is 10.9. The Bertz CT molecular complexity index is 549. The van der Waals surface area contributed by atoms with E-state index in [1.54, 1.807) is 30.9 Å². The van der Waals surface area contributed by atoms with Crippen LogP contribution in [0.2, 0.25) is 0 Å². The van der Waals surface area contributed by atoms with E-state index in [4.69, 9.17) is 4.52 Å². The van der Waals surface area contributed by atoms with Gasteiger partial charge in [-0.1, -0.05) is 5.16 Å². The number of hydrogen-bond acceptors (Lipinski definition) is 4. The number of nitrogens with one attached hydrogen (secondary N) is 1. The van der Waals surface area contributed by atoms with Gasteiger partial charge in [0.2, 0.25) is 0 Å². The second-order valence-electron chi connectivity index (χ2n) is 4.46. The van der Waals surface area contributed by atoms with Crippen LogP contribution in [0.15, 0.2) is 16.9 Å². The fourth-order valence-electron chi connectivity index (χ4n) is 1.69. The van der Waals surface area contributed by atoms with Gasteiger partial charge in [-0.2, -0.15) is 5.10 Å². The summed E-state index contributed by atoms with van der Waals surface area (Å²) in [5, 5.41) is 10.7. The molecule has 6 heteroatoms. The lowest BCUT2D eigenvalue weighted by Crippen LogP contribution is -2.13. The van der Waals surface area contributed by atoms with Gasteiger partial charge >= 0.3 is 0 Å². The van der Waals surface area contributed by atoms with Gasteiger partial charge in [-0.25, -0.2) is 0 Å². The van der Waals surface area contributed by atoms with Crippen LogP contribution in [0.5, 0.6) is 0 Å². The Kier molecular flexibility index (Phi) is 3.18. The molecule has 0 spiro atoms. The molecule has 0 atom stereocenters. The minimum absolute atomic E-state index is 0.227. The van der Waals surface area contributed by atoms with Crippen LogP contribution in [-0.2, 0) is 0 Å². The molecule has 0 saturated heterocycles. The summed E-state index contributed by atoms with van der Waals surface area (Å²) in [4.78, 5) is 12.0. The van der Waals surface area contributed by atoms with Crippen molar-refractivity contribution in [1.29, 1.82) is 0 Å². The molecule has 2 aromatic heterocycles. The third-order valence-electron chi connectivity index (χ3n) is 2.65. The minimum atomic E-state index is -0.227. The number of hydrogen-bond donors (Lipinski definition) is 1. The van der Waals surface area contributed by atoms with E-state index in [2.05, 4.69) is 15.6 Å². The standard InChI is InChI=1S/C12H16N4O2/c1-7(2)16-6-10(5-13-16)14-12(17)11-8(3)15-18-9(11)4/h5-7H,1-4H3,(H,14,17). The molecule has 0 fully saturated rings. The van der Waals surface area contributed by atoms with E-state index in [9.17, 15) is 4.79 Å². The second-order valence-corrected chi connectivity index (χ2v) is 4.46. The fourth-order valence-corrected chi connectivity index (χ4v) is 1.69. The molecule has 0 aliphatic heterocycles. The van der Waals surface area contributed by atoms with Crippen LogP contribution in [0, 0.1) is 13.8 Å². The average molecular weight is 248 g/mol. The second kappa shape index (κ2) is 4.64. The molecule has 2 heterocycles. The van der Waals surface area contributed by atoms with E-state index >= 15 is 0 Å². The lowest BCUT2D eigenvalue weighted by atomic mass is 10.2. The lowest BCUT2D eigenvalue weighted by Gasteiger charge is -2.03. The Morgan fingerprint density at radius 1 is 1.44 bits per heavy atom. The maximum Gasteiger partial charge on any atom is 0.261 e. The van der Waals surface area contributed by atoms with E-state index in [1.165, 1.54) is 0 Å². The number of carbonyl (C=O) groups is 1. The SMILES string of the molecule is Cc1noc(C)c1C(=O)Nc1cnn(C(C)C)c1. The van der Waals surface area contributed by atoms with Crippen molar-refractivity contribution in [2.24, 2.45) is 0 Å². The average Bonchev–Trinajstić information content (AvgIpc) is 2.86. The van der Waals surface area contributed by atoms with Crippen molar-refractivity contribution < 1.29 is 9.32 Å². The van der Waals surface area contributed by atoms with Crippen molar-refractivity contribution in [2.45, 2.75) is 33.7 Å². The van der Waals surface area contributed by atoms with Gasteiger partial charge in [-0.3, -0.25) is 9.48 Å². The number of nitrogens with zero attached hydrogens (tertiary/aromatic N) is 3. The predicted molar refractivity (Wildman–Crippen MR) is 66.5 cm³/mol. The zero-order chi connectivity index (χ0) is 13.3. The lowest BCUT2D eigenvalue weighted by molar-refractivity contribution is 0.102. The Morgan fingerprint density at radius 2 is 2.17 bits per heavy atom. The molecule has 0 saturated carbocycles. The maximum absolute atomic E-state index is 12.0. The van der Waals surface area contributed by atoms with Crippen LogP contribution in [0.1, 0.15) is 41.7 Å². The Morgan fingerprint density at radius 3 is 2.67 bits per heavy atom. The summed E-state index contributed by atoms with van der Waals surface area (Å²) in [6.07, 6.45) is 3.41. The van der Waals surface area contributed by atoms with Crippen molar-refractivity contribution >= 4 is 11.6 Å². The molecule has 96 valence electrons. The van der Waals surface area contributed by atoms with E-state index in [0.717, 1.165) is 0 Å². The Labute approximate surface area is 105 Å². The van der Waals surface area contributed by atoms with Gasteiger partial charge in [-0.05, 0) is 27.7 Å². The number of carbonyl (C=O) groups excluding carboxylic acids is 1.